The van der Waals surface area contributed by atoms with E-state index in [2.05, 4.69) is 5.32 Å². The number of para-hydroxylation sites is 1. The van der Waals surface area contributed by atoms with Crippen LogP contribution in [0.25, 0.3) is 10.8 Å². The van der Waals surface area contributed by atoms with Crippen LogP contribution in [0.3, 0.4) is 0 Å². The second kappa shape index (κ2) is 5.45. The maximum atomic E-state index is 11.1. The molecule has 0 radical (unpaired) electrons. The van der Waals surface area contributed by atoms with Gasteiger partial charge in [-0.3, -0.25) is 4.21 Å². The molecule has 0 saturated heterocycles. The van der Waals surface area contributed by atoms with Crippen LogP contribution >= 0.6 is 0 Å². The lowest BCUT2D eigenvalue weighted by Gasteiger charge is -2.12. The van der Waals surface area contributed by atoms with E-state index in [0.29, 0.717) is 4.90 Å². The van der Waals surface area contributed by atoms with Crippen LogP contribution in [0.1, 0.15) is 0 Å². The summed E-state index contributed by atoms with van der Waals surface area (Å²) in [5.41, 5.74) is 1.86. The molecule has 0 bridgehead atoms. The average molecular weight is 282 g/mol. The number of hydrogen-bond acceptors (Lipinski definition) is 3. The van der Waals surface area contributed by atoms with Gasteiger partial charge in [-0.05, 0) is 46.8 Å². The van der Waals surface area contributed by atoms with Gasteiger partial charge in [-0.15, -0.1) is 0 Å². The van der Waals surface area contributed by atoms with Gasteiger partial charge < -0.3 is 9.87 Å². The normalized spacial score (nSPS) is 12.2. The van der Waals surface area contributed by atoms with Gasteiger partial charge in [0.15, 0.2) is 0 Å². The summed E-state index contributed by atoms with van der Waals surface area (Å²) >= 11 is -2.22. The van der Waals surface area contributed by atoms with E-state index in [-0.39, 0.29) is 0 Å². The highest BCUT2D eigenvalue weighted by Crippen LogP contribution is 2.28. The first kappa shape index (κ1) is 12.8. The van der Waals surface area contributed by atoms with Gasteiger partial charge in [0.25, 0.3) is 0 Å². The molecular formula is C16H12NO2S-. The van der Waals surface area contributed by atoms with Gasteiger partial charge >= 0.3 is 0 Å². The number of rotatable bonds is 3. The van der Waals surface area contributed by atoms with E-state index in [1.165, 1.54) is 0 Å². The van der Waals surface area contributed by atoms with Gasteiger partial charge in [0.2, 0.25) is 0 Å². The summed E-state index contributed by atoms with van der Waals surface area (Å²) in [5.74, 6) is 0. The first-order valence-electron chi connectivity index (χ1n) is 6.18. The molecule has 3 nitrogen and oxygen atoms in total. The molecule has 0 amide bonds. The Labute approximate surface area is 119 Å². The molecule has 0 aromatic heterocycles. The number of nitrogens with one attached hydrogen (secondary N) is 1. The molecule has 0 saturated carbocycles. The third kappa shape index (κ3) is 2.57. The number of hydrogen-bond donors (Lipinski definition) is 1. The van der Waals surface area contributed by atoms with Crippen molar-refractivity contribution in [2.24, 2.45) is 0 Å². The minimum Gasteiger partial charge on any atom is -0.768 e. The standard InChI is InChI=1S/C16H13NO2S/c18-20(19)14-10-9-12-5-4-8-16(15(12)11-14)17-13-6-2-1-3-7-13/h1-11,17H,(H,18,19)/p-1. The van der Waals surface area contributed by atoms with Crippen LogP contribution in [0.2, 0.25) is 0 Å². The van der Waals surface area contributed by atoms with Crippen LogP contribution in [-0.2, 0) is 11.1 Å². The lowest BCUT2D eigenvalue weighted by molar-refractivity contribution is 0.537. The lowest BCUT2D eigenvalue weighted by atomic mass is 10.1. The fourth-order valence-electron chi connectivity index (χ4n) is 2.14. The van der Waals surface area contributed by atoms with Gasteiger partial charge in [0, 0.05) is 21.7 Å². The van der Waals surface area contributed by atoms with E-state index in [9.17, 15) is 8.76 Å². The van der Waals surface area contributed by atoms with Crippen LogP contribution < -0.4 is 5.32 Å². The highest BCUT2D eigenvalue weighted by Gasteiger charge is 2.03. The van der Waals surface area contributed by atoms with Gasteiger partial charge in [-0.1, -0.05) is 36.4 Å². The zero-order chi connectivity index (χ0) is 13.9. The Bertz CT molecular complexity index is 772. The topological polar surface area (TPSA) is 52.2 Å². The molecule has 1 atom stereocenters. The van der Waals surface area contributed by atoms with E-state index < -0.39 is 11.1 Å². The van der Waals surface area contributed by atoms with E-state index >= 15 is 0 Å². The van der Waals surface area contributed by atoms with Crippen molar-refractivity contribution in [3.63, 3.8) is 0 Å². The summed E-state index contributed by atoms with van der Waals surface area (Å²) in [7, 11) is 0. The molecule has 20 heavy (non-hydrogen) atoms. The summed E-state index contributed by atoms with van der Waals surface area (Å²) in [6, 6.07) is 20.7. The summed E-state index contributed by atoms with van der Waals surface area (Å²) < 4.78 is 22.2. The highest BCUT2D eigenvalue weighted by atomic mass is 32.2. The molecule has 0 aliphatic carbocycles. The molecule has 4 heteroatoms. The van der Waals surface area contributed by atoms with Gasteiger partial charge in [0.05, 0.1) is 0 Å². The van der Waals surface area contributed by atoms with Crippen molar-refractivity contribution >= 4 is 33.2 Å². The van der Waals surface area contributed by atoms with Crippen molar-refractivity contribution in [3.8, 4) is 0 Å². The molecule has 0 heterocycles. The summed E-state index contributed by atoms with van der Waals surface area (Å²) in [6.07, 6.45) is 0. The van der Waals surface area contributed by atoms with Gasteiger partial charge in [-0.25, -0.2) is 0 Å². The Morgan fingerprint density at radius 2 is 1.70 bits per heavy atom. The van der Waals surface area contributed by atoms with Crippen molar-refractivity contribution in [2.75, 3.05) is 5.32 Å². The summed E-state index contributed by atoms with van der Waals surface area (Å²) in [4.78, 5) is 0.291. The quantitative estimate of drug-likeness (QED) is 0.743. The van der Waals surface area contributed by atoms with E-state index in [1.807, 2.05) is 54.6 Å². The third-order valence-corrected chi connectivity index (χ3v) is 3.74. The smallest absolute Gasteiger partial charge is 0.0464 e. The average Bonchev–Trinajstić information content (AvgIpc) is 2.48. The first-order valence-corrected chi connectivity index (χ1v) is 7.26. The number of anilines is 2. The summed E-state index contributed by atoms with van der Waals surface area (Å²) in [5, 5.41) is 5.20. The third-order valence-electron chi connectivity index (χ3n) is 3.10. The largest absolute Gasteiger partial charge is 0.768 e. The van der Waals surface area contributed by atoms with Crippen LogP contribution in [-0.4, -0.2) is 8.76 Å². The van der Waals surface area contributed by atoms with E-state index in [1.54, 1.807) is 12.1 Å². The number of benzene rings is 3. The van der Waals surface area contributed by atoms with E-state index in [4.69, 9.17) is 0 Å². The fraction of sp³-hybridized carbons (Fsp3) is 0. The highest BCUT2D eigenvalue weighted by molar-refractivity contribution is 7.79. The Morgan fingerprint density at radius 3 is 2.45 bits per heavy atom. The number of fused-ring (bicyclic) bond motifs is 1. The van der Waals surface area contributed by atoms with E-state index in [0.717, 1.165) is 22.1 Å². The van der Waals surface area contributed by atoms with Crippen molar-refractivity contribution in [2.45, 2.75) is 4.90 Å². The first-order chi connectivity index (χ1) is 9.74. The molecule has 1 N–H and O–H groups in total. The van der Waals surface area contributed by atoms with Crippen LogP contribution in [0, 0.1) is 0 Å². The molecular weight excluding hydrogens is 270 g/mol. The minimum absolute atomic E-state index is 0.291. The van der Waals surface area contributed by atoms with Crippen molar-refractivity contribution in [3.05, 3.63) is 66.7 Å². The molecule has 0 fully saturated rings. The molecule has 0 aliphatic heterocycles. The Kier molecular flexibility index (Phi) is 3.50. The predicted octanol–water partition coefficient (Wildman–Crippen LogP) is 3.82. The Morgan fingerprint density at radius 1 is 0.900 bits per heavy atom. The SMILES string of the molecule is O=S([O-])c1ccc2cccc(Nc3ccccc3)c2c1. The molecule has 3 aromatic rings. The van der Waals surface area contributed by atoms with Crippen molar-refractivity contribution in [1.29, 1.82) is 0 Å². The fourth-order valence-corrected chi connectivity index (χ4v) is 2.53. The molecule has 100 valence electrons. The molecule has 0 aliphatic rings. The Balaban J connectivity index is 2.10. The minimum atomic E-state index is -2.22. The van der Waals surface area contributed by atoms with Crippen LogP contribution in [0.4, 0.5) is 11.4 Å². The maximum absolute atomic E-state index is 11.1. The van der Waals surface area contributed by atoms with Crippen LogP contribution in [0.15, 0.2) is 71.6 Å². The summed E-state index contributed by atoms with van der Waals surface area (Å²) in [6.45, 7) is 0. The predicted molar refractivity (Wildman–Crippen MR) is 80.9 cm³/mol. The molecule has 3 aromatic carbocycles. The molecule has 0 spiro atoms. The van der Waals surface area contributed by atoms with Crippen molar-refractivity contribution in [1.82, 2.24) is 0 Å². The Hall–Kier alpha value is -2.17. The monoisotopic (exact) mass is 282 g/mol. The second-order valence-corrected chi connectivity index (χ2v) is 5.36. The molecule has 1 unspecified atom stereocenters. The maximum Gasteiger partial charge on any atom is 0.0464 e. The lowest BCUT2D eigenvalue weighted by Crippen LogP contribution is -1.93. The zero-order valence-electron chi connectivity index (χ0n) is 10.6. The van der Waals surface area contributed by atoms with Crippen molar-refractivity contribution < 1.29 is 8.76 Å². The second-order valence-electron chi connectivity index (χ2n) is 4.41. The van der Waals surface area contributed by atoms with Crippen LogP contribution in [0.5, 0.6) is 0 Å². The molecule has 3 rings (SSSR count). The van der Waals surface area contributed by atoms with Gasteiger partial charge in [0.1, 0.15) is 0 Å². The zero-order valence-corrected chi connectivity index (χ0v) is 11.4. The van der Waals surface area contributed by atoms with Gasteiger partial charge in [-0.2, -0.15) is 0 Å².